The molecule has 7 nitrogen and oxygen atoms in total. The fourth-order valence-corrected chi connectivity index (χ4v) is 5.01. The average molecular weight is 443 g/mol. The lowest BCUT2D eigenvalue weighted by Gasteiger charge is -2.44. The Hall–Kier alpha value is -2.75. The van der Waals surface area contributed by atoms with E-state index in [1.807, 2.05) is 11.0 Å². The quantitative estimate of drug-likeness (QED) is 0.776. The second kappa shape index (κ2) is 8.41. The molecule has 0 saturated carbocycles. The number of benzene rings is 1. The molecule has 3 aliphatic heterocycles. The number of carbonyl (C=O) groups is 1. The van der Waals surface area contributed by atoms with Crippen molar-refractivity contribution in [2.24, 2.45) is 0 Å². The Morgan fingerprint density at radius 1 is 1.16 bits per heavy atom. The first kappa shape index (κ1) is 20.2. The minimum Gasteiger partial charge on any atom is -0.378 e. The van der Waals surface area contributed by atoms with Crippen molar-refractivity contribution in [3.63, 3.8) is 0 Å². The van der Waals surface area contributed by atoms with Gasteiger partial charge in [0.2, 0.25) is 5.78 Å². The van der Waals surface area contributed by atoms with E-state index < -0.39 is 6.23 Å². The van der Waals surface area contributed by atoms with Crippen LogP contribution in [0.15, 0.2) is 54.0 Å². The van der Waals surface area contributed by atoms with Crippen LogP contribution in [-0.4, -0.2) is 71.4 Å². The summed E-state index contributed by atoms with van der Waals surface area (Å²) in [4.78, 5) is 24.2. The zero-order valence-corrected chi connectivity index (χ0v) is 17.7. The number of ketones is 1. The maximum absolute atomic E-state index is 13.1. The van der Waals surface area contributed by atoms with E-state index in [0.717, 1.165) is 29.2 Å². The van der Waals surface area contributed by atoms with Gasteiger partial charge in [0.1, 0.15) is 5.82 Å². The SMILES string of the molecule is O=C1C2=CC=C(N3CCOCC3)CN2CN(c2ncc(Cc3ccc(F)cc3)s2)C1O. The molecule has 1 N–H and O–H groups in total. The Kier molecular flexibility index (Phi) is 5.47. The number of hydrogen-bond donors (Lipinski definition) is 1. The number of nitrogens with zero attached hydrogens (tertiary/aromatic N) is 4. The number of aliphatic hydroxyl groups excluding tert-OH is 1. The maximum Gasteiger partial charge on any atom is 0.228 e. The van der Waals surface area contributed by atoms with E-state index in [9.17, 15) is 14.3 Å². The van der Waals surface area contributed by atoms with Crippen LogP contribution < -0.4 is 4.90 Å². The zero-order valence-electron chi connectivity index (χ0n) is 16.9. The van der Waals surface area contributed by atoms with Crippen molar-refractivity contribution < 1.29 is 19.0 Å². The van der Waals surface area contributed by atoms with Crippen molar-refractivity contribution in [1.82, 2.24) is 14.8 Å². The van der Waals surface area contributed by atoms with Gasteiger partial charge < -0.3 is 19.6 Å². The third kappa shape index (κ3) is 4.08. The number of aliphatic hydroxyl groups is 1. The number of Topliss-reactive ketones (excluding diaryl/α,β-unsaturated/α-hetero) is 1. The summed E-state index contributed by atoms with van der Waals surface area (Å²) < 4.78 is 18.6. The molecule has 3 aliphatic rings. The first-order valence-electron chi connectivity index (χ1n) is 10.2. The molecule has 9 heteroatoms. The molecule has 1 unspecified atom stereocenters. The summed E-state index contributed by atoms with van der Waals surface area (Å²) >= 11 is 1.43. The number of ether oxygens (including phenoxy) is 1. The molecule has 5 rings (SSSR count). The number of fused-ring (bicyclic) bond motifs is 1. The molecule has 0 aliphatic carbocycles. The minimum atomic E-state index is -1.26. The molecule has 2 aromatic rings. The summed E-state index contributed by atoms with van der Waals surface area (Å²) in [5, 5.41) is 11.3. The van der Waals surface area contributed by atoms with Crippen LogP contribution in [0.1, 0.15) is 10.4 Å². The Morgan fingerprint density at radius 3 is 2.71 bits per heavy atom. The fourth-order valence-electron chi connectivity index (χ4n) is 4.05. The third-order valence-electron chi connectivity index (χ3n) is 5.73. The molecular weight excluding hydrogens is 419 g/mol. The molecule has 2 saturated heterocycles. The van der Waals surface area contributed by atoms with E-state index in [-0.39, 0.29) is 11.6 Å². The van der Waals surface area contributed by atoms with Crippen molar-refractivity contribution >= 4 is 22.3 Å². The first-order chi connectivity index (χ1) is 15.1. The lowest BCUT2D eigenvalue weighted by Crippen LogP contribution is -2.57. The van der Waals surface area contributed by atoms with Crippen molar-refractivity contribution in [2.45, 2.75) is 12.6 Å². The van der Waals surface area contributed by atoms with Gasteiger partial charge in [-0.3, -0.25) is 9.69 Å². The predicted molar refractivity (Wildman–Crippen MR) is 115 cm³/mol. The van der Waals surface area contributed by atoms with E-state index in [0.29, 0.717) is 43.7 Å². The summed E-state index contributed by atoms with van der Waals surface area (Å²) in [6.07, 6.45) is 4.89. The molecule has 0 spiro atoms. The molecule has 4 heterocycles. The molecule has 0 amide bonds. The van der Waals surface area contributed by atoms with E-state index in [4.69, 9.17) is 4.74 Å². The molecular formula is C22H23FN4O3S. The van der Waals surface area contributed by atoms with Gasteiger partial charge in [-0.05, 0) is 29.8 Å². The first-order valence-corrected chi connectivity index (χ1v) is 11.1. The molecule has 0 bridgehead atoms. The molecule has 162 valence electrons. The van der Waals surface area contributed by atoms with E-state index in [1.165, 1.54) is 23.5 Å². The highest BCUT2D eigenvalue weighted by Crippen LogP contribution is 2.32. The summed E-state index contributed by atoms with van der Waals surface area (Å²) in [5.74, 6) is -0.585. The number of hydrogen-bond acceptors (Lipinski definition) is 8. The molecule has 1 atom stereocenters. The Bertz CT molecular complexity index is 1030. The molecule has 1 aromatic carbocycles. The highest BCUT2D eigenvalue weighted by Gasteiger charge is 2.39. The highest BCUT2D eigenvalue weighted by molar-refractivity contribution is 7.15. The van der Waals surface area contributed by atoms with Gasteiger partial charge in [-0.1, -0.05) is 12.1 Å². The number of halogens is 1. The standard InChI is InChI=1S/C22H23FN4O3S/c23-16-3-1-15(2-4-16)11-18-12-24-22(31-18)27-14-26-13-17(25-7-9-30-10-8-25)5-6-19(26)20(28)21(27)29/h1-6,12,21,29H,7-11,13-14H2. The van der Waals surface area contributed by atoms with Gasteiger partial charge in [-0.15, -0.1) is 11.3 Å². The number of carbonyl (C=O) groups excluding carboxylic acids is 1. The van der Waals surface area contributed by atoms with Gasteiger partial charge in [0.25, 0.3) is 0 Å². The number of rotatable bonds is 4. The van der Waals surface area contributed by atoms with E-state index in [2.05, 4.69) is 9.88 Å². The van der Waals surface area contributed by atoms with Crippen LogP contribution in [0.5, 0.6) is 0 Å². The molecule has 0 radical (unpaired) electrons. The lowest BCUT2D eigenvalue weighted by molar-refractivity contribution is -0.127. The Morgan fingerprint density at radius 2 is 1.94 bits per heavy atom. The van der Waals surface area contributed by atoms with Gasteiger partial charge in [0.05, 0.1) is 32.1 Å². The van der Waals surface area contributed by atoms with Crippen LogP contribution in [0.4, 0.5) is 9.52 Å². The zero-order chi connectivity index (χ0) is 21.4. The average Bonchev–Trinajstić information content (AvgIpc) is 3.26. The number of allylic oxidation sites excluding steroid dienone is 2. The van der Waals surface area contributed by atoms with Gasteiger partial charge in [0.15, 0.2) is 11.4 Å². The summed E-state index contributed by atoms with van der Waals surface area (Å²) in [6, 6.07) is 6.37. The predicted octanol–water partition coefficient (Wildman–Crippen LogP) is 1.95. The van der Waals surface area contributed by atoms with Crippen molar-refractivity contribution in [2.75, 3.05) is 44.4 Å². The van der Waals surface area contributed by atoms with Crippen LogP contribution in [0.3, 0.4) is 0 Å². The summed E-state index contributed by atoms with van der Waals surface area (Å²) in [7, 11) is 0. The Balaban J connectivity index is 1.32. The maximum atomic E-state index is 13.1. The third-order valence-corrected chi connectivity index (χ3v) is 6.76. The topological polar surface area (TPSA) is 69.1 Å². The van der Waals surface area contributed by atoms with Crippen LogP contribution >= 0.6 is 11.3 Å². The van der Waals surface area contributed by atoms with Crippen molar-refractivity contribution in [3.8, 4) is 0 Å². The second-order valence-corrected chi connectivity index (χ2v) is 8.86. The van der Waals surface area contributed by atoms with Crippen molar-refractivity contribution in [3.05, 3.63) is 70.3 Å². The minimum absolute atomic E-state index is 0.264. The van der Waals surface area contributed by atoms with E-state index >= 15 is 0 Å². The van der Waals surface area contributed by atoms with Crippen LogP contribution in [0, 0.1) is 5.82 Å². The van der Waals surface area contributed by atoms with Crippen LogP contribution in [0.25, 0.3) is 0 Å². The number of morpholine rings is 1. The van der Waals surface area contributed by atoms with Gasteiger partial charge in [-0.2, -0.15) is 0 Å². The number of aromatic nitrogens is 1. The number of anilines is 1. The van der Waals surface area contributed by atoms with Crippen molar-refractivity contribution in [1.29, 1.82) is 0 Å². The summed E-state index contributed by atoms with van der Waals surface area (Å²) in [6.45, 7) is 4.06. The van der Waals surface area contributed by atoms with Gasteiger partial charge >= 0.3 is 0 Å². The number of thiazole rings is 1. The fraction of sp³-hybridized carbons (Fsp3) is 0.364. The second-order valence-electron chi connectivity index (χ2n) is 7.77. The largest absolute Gasteiger partial charge is 0.378 e. The monoisotopic (exact) mass is 442 g/mol. The molecule has 2 fully saturated rings. The Labute approximate surface area is 183 Å². The van der Waals surface area contributed by atoms with Gasteiger partial charge in [-0.25, -0.2) is 9.37 Å². The van der Waals surface area contributed by atoms with E-state index in [1.54, 1.807) is 29.3 Å². The highest BCUT2D eigenvalue weighted by atomic mass is 32.1. The van der Waals surface area contributed by atoms with Gasteiger partial charge in [0, 0.05) is 36.3 Å². The lowest BCUT2D eigenvalue weighted by atomic mass is 10.1. The van der Waals surface area contributed by atoms with Crippen LogP contribution in [-0.2, 0) is 16.0 Å². The summed E-state index contributed by atoms with van der Waals surface area (Å²) in [5.41, 5.74) is 2.66. The normalized spacial score (nSPS) is 21.7. The molecule has 31 heavy (non-hydrogen) atoms. The smallest absolute Gasteiger partial charge is 0.228 e. The van der Waals surface area contributed by atoms with Crippen LogP contribution in [0.2, 0.25) is 0 Å². The molecule has 1 aromatic heterocycles.